The first kappa shape index (κ1) is 11.6. The van der Waals surface area contributed by atoms with Crippen LogP contribution >= 0.6 is 0 Å². The minimum absolute atomic E-state index is 0.356. The van der Waals surface area contributed by atoms with Crippen molar-refractivity contribution < 1.29 is 14.7 Å². The fourth-order valence-electron chi connectivity index (χ4n) is 2.05. The first-order valence-corrected chi connectivity index (χ1v) is 5.64. The van der Waals surface area contributed by atoms with E-state index >= 15 is 0 Å². The molecule has 0 bridgehead atoms. The minimum Gasteiger partial charge on any atom is -0.481 e. The monoisotopic (exact) mass is 230 g/mol. The van der Waals surface area contributed by atoms with Gasteiger partial charge in [-0.25, -0.2) is 0 Å². The lowest BCUT2D eigenvalue weighted by molar-refractivity contribution is -0.140. The molecule has 1 aliphatic carbocycles. The summed E-state index contributed by atoms with van der Waals surface area (Å²) in [4.78, 5) is 21.5. The van der Waals surface area contributed by atoms with Gasteiger partial charge in [-0.2, -0.15) is 0 Å². The number of allylic oxidation sites excluding steroid dienone is 1. The van der Waals surface area contributed by atoms with Crippen molar-refractivity contribution >= 4 is 18.3 Å². The smallest absolute Gasteiger partial charge is 0.314 e. The molecule has 88 valence electrons. The number of aldehydes is 1. The summed E-state index contributed by atoms with van der Waals surface area (Å²) in [5, 5.41) is 9.27. The topological polar surface area (TPSA) is 54.4 Å². The molecule has 1 N–H and O–H groups in total. The molecule has 1 aliphatic rings. The standard InChI is InChI=1S/C14H14O3/c15-10-4-3-6-11-5-1-2-7-12(11)14(8-9-14)13(16)17/h1-3,5-7,10H,4,8-9H2,(H,16,17). The van der Waals surface area contributed by atoms with E-state index in [1.807, 2.05) is 30.3 Å². The van der Waals surface area contributed by atoms with Gasteiger partial charge in [0.05, 0.1) is 5.41 Å². The van der Waals surface area contributed by atoms with Crippen molar-refractivity contribution in [2.45, 2.75) is 24.7 Å². The van der Waals surface area contributed by atoms with Gasteiger partial charge in [0.25, 0.3) is 0 Å². The van der Waals surface area contributed by atoms with Crippen LogP contribution in [-0.2, 0) is 15.0 Å². The predicted molar refractivity (Wildman–Crippen MR) is 64.7 cm³/mol. The number of carboxylic acids is 1. The van der Waals surface area contributed by atoms with Crippen LogP contribution in [0.15, 0.2) is 30.3 Å². The van der Waals surface area contributed by atoms with Crippen molar-refractivity contribution in [3.63, 3.8) is 0 Å². The van der Waals surface area contributed by atoms with Gasteiger partial charge in [0.2, 0.25) is 0 Å². The molecule has 2 rings (SSSR count). The molecule has 1 fully saturated rings. The van der Waals surface area contributed by atoms with Gasteiger partial charge in [0.15, 0.2) is 0 Å². The molecule has 3 heteroatoms. The zero-order valence-electron chi connectivity index (χ0n) is 9.43. The van der Waals surface area contributed by atoms with Gasteiger partial charge in [-0.15, -0.1) is 0 Å². The van der Waals surface area contributed by atoms with Gasteiger partial charge < -0.3 is 9.90 Å². The second kappa shape index (κ2) is 4.53. The fraction of sp³-hybridized carbons (Fsp3) is 0.286. The molecule has 0 radical (unpaired) electrons. The molecule has 1 aromatic rings. The van der Waals surface area contributed by atoms with E-state index in [4.69, 9.17) is 0 Å². The van der Waals surface area contributed by atoms with E-state index < -0.39 is 11.4 Å². The molecule has 0 spiro atoms. The van der Waals surface area contributed by atoms with Crippen LogP contribution in [0.5, 0.6) is 0 Å². The molecule has 0 heterocycles. The lowest BCUT2D eigenvalue weighted by Gasteiger charge is -2.13. The number of rotatable bonds is 5. The number of carboxylic acid groups (broad SMARTS) is 1. The van der Waals surface area contributed by atoms with Crippen LogP contribution in [-0.4, -0.2) is 17.4 Å². The number of carbonyl (C=O) groups is 2. The summed E-state index contributed by atoms with van der Waals surface area (Å²) in [6, 6.07) is 7.48. The summed E-state index contributed by atoms with van der Waals surface area (Å²) in [6.07, 6.45) is 6.15. The Balaban J connectivity index is 2.34. The highest BCUT2D eigenvalue weighted by atomic mass is 16.4. The van der Waals surface area contributed by atoms with Gasteiger partial charge in [0, 0.05) is 6.42 Å². The van der Waals surface area contributed by atoms with Crippen LogP contribution in [0.1, 0.15) is 30.4 Å². The van der Waals surface area contributed by atoms with E-state index in [1.165, 1.54) is 0 Å². The van der Waals surface area contributed by atoms with Gasteiger partial charge in [-0.3, -0.25) is 4.79 Å². The Bertz CT molecular complexity index is 470. The lowest BCUT2D eigenvalue weighted by Crippen LogP contribution is -2.20. The first-order valence-electron chi connectivity index (χ1n) is 5.64. The molecule has 1 aromatic carbocycles. The molecule has 1 saturated carbocycles. The highest BCUT2D eigenvalue weighted by Crippen LogP contribution is 2.49. The summed E-state index contributed by atoms with van der Waals surface area (Å²) in [7, 11) is 0. The van der Waals surface area contributed by atoms with Crippen molar-refractivity contribution in [3.05, 3.63) is 41.5 Å². The number of hydrogen-bond donors (Lipinski definition) is 1. The number of hydrogen-bond acceptors (Lipinski definition) is 2. The van der Waals surface area contributed by atoms with E-state index in [0.29, 0.717) is 19.3 Å². The van der Waals surface area contributed by atoms with Gasteiger partial charge >= 0.3 is 5.97 Å². The average Bonchev–Trinajstić information content (AvgIpc) is 3.11. The average molecular weight is 230 g/mol. The fourth-order valence-corrected chi connectivity index (χ4v) is 2.05. The van der Waals surface area contributed by atoms with E-state index in [0.717, 1.165) is 17.4 Å². The Kier molecular flexibility index (Phi) is 3.09. The maximum absolute atomic E-state index is 11.3. The quantitative estimate of drug-likeness (QED) is 0.790. The van der Waals surface area contributed by atoms with E-state index in [2.05, 4.69) is 0 Å². The van der Waals surface area contributed by atoms with E-state index in [-0.39, 0.29) is 0 Å². The highest BCUT2D eigenvalue weighted by molar-refractivity contribution is 5.86. The van der Waals surface area contributed by atoms with Crippen LogP contribution in [0, 0.1) is 0 Å². The zero-order chi connectivity index (χ0) is 12.3. The third kappa shape index (κ3) is 2.13. The van der Waals surface area contributed by atoms with Crippen molar-refractivity contribution in [2.24, 2.45) is 0 Å². The van der Waals surface area contributed by atoms with Crippen LogP contribution in [0.25, 0.3) is 6.08 Å². The van der Waals surface area contributed by atoms with Crippen molar-refractivity contribution in [2.75, 3.05) is 0 Å². The minimum atomic E-state index is -0.756. The molecule has 0 aliphatic heterocycles. The molecule has 0 saturated heterocycles. The molecule has 0 atom stereocenters. The van der Waals surface area contributed by atoms with Crippen LogP contribution in [0.3, 0.4) is 0 Å². The zero-order valence-corrected chi connectivity index (χ0v) is 9.43. The predicted octanol–water partition coefficient (Wildman–Crippen LogP) is 2.41. The Hall–Kier alpha value is -1.90. The number of carbonyl (C=O) groups excluding carboxylic acids is 1. The van der Waals surface area contributed by atoms with Crippen molar-refractivity contribution in [1.82, 2.24) is 0 Å². The Labute approximate surface area is 99.8 Å². The molecule has 0 aromatic heterocycles. The normalized spacial score (nSPS) is 16.9. The molecule has 0 amide bonds. The summed E-state index contributed by atoms with van der Waals surface area (Å²) < 4.78 is 0. The third-order valence-corrected chi connectivity index (χ3v) is 3.17. The first-order chi connectivity index (χ1) is 8.20. The summed E-state index contributed by atoms with van der Waals surface area (Å²) in [5.41, 5.74) is 1.06. The van der Waals surface area contributed by atoms with Crippen molar-refractivity contribution in [3.8, 4) is 0 Å². The second-order valence-electron chi connectivity index (χ2n) is 4.28. The third-order valence-electron chi connectivity index (χ3n) is 3.17. The van der Waals surface area contributed by atoms with Crippen LogP contribution < -0.4 is 0 Å². The van der Waals surface area contributed by atoms with Crippen LogP contribution in [0.4, 0.5) is 0 Å². The molecule has 3 nitrogen and oxygen atoms in total. The number of aliphatic carboxylic acids is 1. The number of benzene rings is 1. The van der Waals surface area contributed by atoms with Crippen LogP contribution in [0.2, 0.25) is 0 Å². The van der Waals surface area contributed by atoms with E-state index in [1.54, 1.807) is 6.08 Å². The molecular weight excluding hydrogens is 216 g/mol. The van der Waals surface area contributed by atoms with E-state index in [9.17, 15) is 14.7 Å². The summed E-state index contributed by atoms with van der Waals surface area (Å²) in [6.45, 7) is 0. The van der Waals surface area contributed by atoms with Gasteiger partial charge in [-0.1, -0.05) is 36.4 Å². The molecular formula is C14H14O3. The van der Waals surface area contributed by atoms with Crippen molar-refractivity contribution in [1.29, 1.82) is 0 Å². The van der Waals surface area contributed by atoms with Gasteiger partial charge in [0.1, 0.15) is 6.29 Å². The Morgan fingerprint density at radius 3 is 2.65 bits per heavy atom. The second-order valence-corrected chi connectivity index (χ2v) is 4.28. The highest BCUT2D eigenvalue weighted by Gasteiger charge is 2.52. The summed E-state index contributed by atoms with van der Waals surface area (Å²) in [5.74, 6) is -0.756. The molecule has 17 heavy (non-hydrogen) atoms. The Morgan fingerprint density at radius 2 is 2.06 bits per heavy atom. The maximum Gasteiger partial charge on any atom is 0.314 e. The SMILES string of the molecule is O=CCC=Cc1ccccc1C1(C(=O)O)CC1. The Morgan fingerprint density at radius 1 is 1.35 bits per heavy atom. The van der Waals surface area contributed by atoms with Gasteiger partial charge in [-0.05, 0) is 24.0 Å². The molecule has 0 unspecified atom stereocenters. The largest absolute Gasteiger partial charge is 0.481 e. The lowest BCUT2D eigenvalue weighted by atomic mass is 9.91. The maximum atomic E-state index is 11.3. The summed E-state index contributed by atoms with van der Waals surface area (Å²) >= 11 is 0.